The van der Waals surface area contributed by atoms with Crippen molar-refractivity contribution in [3.63, 3.8) is 0 Å². The Morgan fingerprint density at radius 2 is 2.03 bits per heavy atom. The minimum absolute atomic E-state index is 0.429. The first-order valence-corrected chi connectivity index (χ1v) is 12.8. The van der Waals surface area contributed by atoms with Crippen LogP contribution in [-0.2, 0) is 6.42 Å². The summed E-state index contributed by atoms with van der Waals surface area (Å²) in [5.41, 5.74) is 5.48. The van der Waals surface area contributed by atoms with Gasteiger partial charge in [-0.05, 0) is 75.0 Å². The van der Waals surface area contributed by atoms with Gasteiger partial charge in [-0.2, -0.15) is 0 Å². The molecule has 0 spiro atoms. The highest BCUT2D eigenvalue weighted by atomic mass is 16.5. The molecular weight excluding hydrogens is 468 g/mol. The smallest absolute Gasteiger partial charge is 0.227 e. The molecule has 3 heterocycles. The van der Waals surface area contributed by atoms with Crippen LogP contribution in [0.25, 0.3) is 11.3 Å². The third-order valence-corrected chi connectivity index (χ3v) is 6.93. The van der Waals surface area contributed by atoms with Crippen molar-refractivity contribution < 1.29 is 13.9 Å². The zero-order chi connectivity index (χ0) is 25.8. The molecule has 1 aliphatic heterocycles. The van der Waals surface area contributed by atoms with E-state index in [2.05, 4.69) is 20.5 Å². The summed E-state index contributed by atoms with van der Waals surface area (Å²) in [6.07, 6.45) is 7.39. The van der Waals surface area contributed by atoms with Crippen LogP contribution in [-0.4, -0.2) is 61.0 Å². The molecular formula is C28H34N6O3. The summed E-state index contributed by atoms with van der Waals surface area (Å²) >= 11 is 0. The van der Waals surface area contributed by atoms with E-state index in [0.717, 1.165) is 65.6 Å². The quantitative estimate of drug-likeness (QED) is 0.388. The molecule has 194 valence electrons. The molecule has 0 amide bonds. The van der Waals surface area contributed by atoms with Gasteiger partial charge < -0.3 is 29.9 Å². The Morgan fingerprint density at radius 1 is 1.19 bits per heavy atom. The molecule has 0 bridgehead atoms. The lowest BCUT2D eigenvalue weighted by molar-refractivity contribution is 0.237. The number of allylic oxidation sites excluding steroid dienone is 1. The number of nitrogens with one attached hydrogen (secondary N) is 3. The molecule has 0 saturated carbocycles. The molecule has 1 aromatic carbocycles. The topological polar surface area (TPSA) is 109 Å². The van der Waals surface area contributed by atoms with E-state index in [9.17, 15) is 0 Å². The van der Waals surface area contributed by atoms with Gasteiger partial charge in [-0.3, -0.25) is 4.90 Å². The van der Waals surface area contributed by atoms with E-state index in [0.29, 0.717) is 36.2 Å². The summed E-state index contributed by atoms with van der Waals surface area (Å²) in [6, 6.07) is 7.63. The van der Waals surface area contributed by atoms with Crippen LogP contribution in [0.4, 0.5) is 11.6 Å². The van der Waals surface area contributed by atoms with Gasteiger partial charge in [0.05, 0.1) is 30.5 Å². The molecule has 0 unspecified atom stereocenters. The van der Waals surface area contributed by atoms with Crippen LogP contribution >= 0.6 is 0 Å². The van der Waals surface area contributed by atoms with E-state index in [4.69, 9.17) is 24.3 Å². The number of anilines is 2. The Labute approximate surface area is 217 Å². The van der Waals surface area contributed by atoms with Crippen LogP contribution in [0.5, 0.6) is 11.5 Å². The van der Waals surface area contributed by atoms with E-state index >= 15 is 0 Å². The van der Waals surface area contributed by atoms with Crippen molar-refractivity contribution in [1.29, 1.82) is 5.41 Å². The van der Waals surface area contributed by atoms with E-state index in [1.807, 2.05) is 44.4 Å². The predicted molar refractivity (Wildman–Crippen MR) is 145 cm³/mol. The normalized spacial score (nSPS) is 16.9. The highest BCUT2D eigenvalue weighted by Gasteiger charge is 2.27. The highest BCUT2D eigenvalue weighted by Crippen LogP contribution is 2.35. The first-order valence-electron chi connectivity index (χ1n) is 12.8. The second-order valence-electron chi connectivity index (χ2n) is 9.36. The largest absolute Gasteiger partial charge is 0.494 e. The summed E-state index contributed by atoms with van der Waals surface area (Å²) in [4.78, 5) is 11.8. The number of hydrogen-bond acceptors (Lipinski definition) is 9. The van der Waals surface area contributed by atoms with E-state index in [-0.39, 0.29) is 0 Å². The standard InChI is InChI=1S/C28H34N6O3/c1-18-10-14-37-27(18)26(30-2)24-21(29)8-6-19-17-31-28(33-25(19)24)32-22-9-7-20(16-23(22)35-3)36-15-13-34-11-4-5-12-34/h7,9-10,14,16-17,29-30H,4-6,8,11-13,15H2,1-3H3,(H,31,32,33)/b26-24+,29-21?. The first-order chi connectivity index (χ1) is 18.1. The van der Waals surface area contributed by atoms with Crippen LogP contribution < -0.4 is 20.1 Å². The summed E-state index contributed by atoms with van der Waals surface area (Å²) < 4.78 is 17.4. The number of furan rings is 1. The Morgan fingerprint density at radius 3 is 2.76 bits per heavy atom. The molecule has 0 atom stereocenters. The van der Waals surface area contributed by atoms with Crippen LogP contribution in [0.3, 0.4) is 0 Å². The van der Waals surface area contributed by atoms with Crippen molar-refractivity contribution >= 4 is 28.6 Å². The second kappa shape index (κ2) is 11.0. The molecule has 3 aromatic rings. The maximum atomic E-state index is 8.72. The minimum atomic E-state index is 0.429. The molecule has 9 heteroatoms. The Balaban J connectivity index is 1.39. The lowest BCUT2D eigenvalue weighted by Crippen LogP contribution is -2.25. The number of benzene rings is 1. The van der Waals surface area contributed by atoms with Crippen LogP contribution in [0.15, 0.2) is 41.1 Å². The lowest BCUT2D eigenvalue weighted by atomic mass is 9.88. The van der Waals surface area contributed by atoms with Crippen molar-refractivity contribution in [1.82, 2.24) is 20.2 Å². The van der Waals surface area contributed by atoms with Crippen LogP contribution in [0, 0.1) is 12.3 Å². The van der Waals surface area contributed by atoms with Gasteiger partial charge in [0.15, 0.2) is 5.76 Å². The fraction of sp³-hybridized carbons (Fsp3) is 0.393. The number of nitrogens with zero attached hydrogens (tertiary/aromatic N) is 3. The summed E-state index contributed by atoms with van der Waals surface area (Å²) in [6.45, 7) is 5.88. The van der Waals surface area contributed by atoms with Crippen LogP contribution in [0.1, 0.15) is 41.8 Å². The van der Waals surface area contributed by atoms with Crippen LogP contribution in [0.2, 0.25) is 0 Å². The molecule has 2 aliphatic rings. The number of hydrogen-bond donors (Lipinski definition) is 3. The number of aryl methyl sites for hydroxylation is 2. The van der Waals surface area contributed by atoms with Gasteiger partial charge in [0.1, 0.15) is 18.1 Å². The van der Waals surface area contributed by atoms with Gasteiger partial charge in [0.2, 0.25) is 5.95 Å². The average Bonchev–Trinajstić information content (AvgIpc) is 3.58. The fourth-order valence-electron chi connectivity index (χ4n) is 4.93. The summed E-state index contributed by atoms with van der Waals surface area (Å²) in [7, 11) is 3.47. The second-order valence-corrected chi connectivity index (χ2v) is 9.36. The molecule has 9 nitrogen and oxygen atoms in total. The van der Waals surface area contributed by atoms with Crippen molar-refractivity contribution in [2.45, 2.75) is 32.6 Å². The molecule has 1 aliphatic carbocycles. The Hall–Kier alpha value is -3.85. The Bertz CT molecular complexity index is 1310. The van der Waals surface area contributed by atoms with Crippen molar-refractivity contribution in [2.24, 2.45) is 0 Å². The molecule has 37 heavy (non-hydrogen) atoms. The third-order valence-electron chi connectivity index (χ3n) is 6.93. The predicted octanol–water partition coefficient (Wildman–Crippen LogP) is 4.66. The van der Waals surface area contributed by atoms with E-state index < -0.39 is 0 Å². The number of ether oxygens (including phenoxy) is 2. The van der Waals surface area contributed by atoms with Gasteiger partial charge in [0, 0.05) is 37.1 Å². The molecule has 1 saturated heterocycles. The van der Waals surface area contributed by atoms with Gasteiger partial charge in [0.25, 0.3) is 0 Å². The van der Waals surface area contributed by atoms with Gasteiger partial charge in [-0.25, -0.2) is 9.97 Å². The number of fused-ring (bicyclic) bond motifs is 1. The zero-order valence-corrected chi connectivity index (χ0v) is 21.7. The maximum absolute atomic E-state index is 8.72. The van der Waals surface area contributed by atoms with Gasteiger partial charge in [-0.15, -0.1) is 0 Å². The van der Waals surface area contributed by atoms with Crippen molar-refractivity contribution in [3.8, 4) is 11.5 Å². The fourth-order valence-corrected chi connectivity index (χ4v) is 4.93. The summed E-state index contributed by atoms with van der Waals surface area (Å²) in [5.74, 6) is 2.55. The molecule has 1 fully saturated rings. The molecule has 2 aromatic heterocycles. The zero-order valence-electron chi connectivity index (χ0n) is 21.7. The molecule has 3 N–H and O–H groups in total. The van der Waals surface area contributed by atoms with Gasteiger partial charge in [-0.1, -0.05) is 0 Å². The Kier molecular flexibility index (Phi) is 7.41. The van der Waals surface area contributed by atoms with Gasteiger partial charge >= 0.3 is 0 Å². The first kappa shape index (κ1) is 24.8. The summed E-state index contributed by atoms with van der Waals surface area (Å²) in [5, 5.41) is 15.2. The monoisotopic (exact) mass is 502 g/mol. The number of rotatable bonds is 9. The third kappa shape index (κ3) is 5.32. The maximum Gasteiger partial charge on any atom is 0.227 e. The average molecular weight is 503 g/mol. The number of aromatic nitrogens is 2. The van der Waals surface area contributed by atoms with E-state index in [1.54, 1.807) is 13.4 Å². The van der Waals surface area contributed by atoms with Crippen molar-refractivity contribution in [3.05, 3.63) is 59.3 Å². The minimum Gasteiger partial charge on any atom is -0.494 e. The van der Waals surface area contributed by atoms with Crippen molar-refractivity contribution in [2.75, 3.05) is 45.7 Å². The SMILES string of the molecule is CN/C(=C1\C(=N)CCc2cnc(Nc3ccc(OCCN4CCCC4)cc3OC)nc21)c1occc1C. The lowest BCUT2D eigenvalue weighted by Gasteiger charge is -2.22. The van der Waals surface area contributed by atoms with E-state index in [1.165, 1.54) is 12.8 Å². The molecule has 5 rings (SSSR count). The number of methoxy groups -OCH3 is 1. The number of likely N-dealkylation sites (tertiary alicyclic amines) is 1. The molecule has 0 radical (unpaired) electrons. The highest BCUT2D eigenvalue weighted by molar-refractivity contribution is 6.29.